The highest BCUT2D eigenvalue weighted by Gasteiger charge is 2.02. The monoisotopic (exact) mass is 186 g/mol. The smallest absolute Gasteiger partial charge is 0.00392 e. The Labute approximate surface area is 83.5 Å². The Balaban J connectivity index is 3.32. The second-order valence-corrected chi connectivity index (χ2v) is 3.72. The van der Waals surface area contributed by atoms with Gasteiger partial charge in [0.2, 0.25) is 0 Å². The molecule has 0 aliphatic carbocycles. The maximum absolute atomic E-state index is 5.93. The fraction of sp³-hybridized carbons (Fsp3) is 1.00. The molecule has 0 fully saturated rings. The summed E-state index contributed by atoms with van der Waals surface area (Å²) in [6.07, 6.45) is 4.83. The molecule has 0 aliphatic rings. The van der Waals surface area contributed by atoms with Gasteiger partial charge in [-0.25, -0.2) is 0 Å². The molecule has 0 amide bonds. The van der Waals surface area contributed by atoms with Crippen molar-refractivity contribution in [1.82, 2.24) is 4.90 Å². The second-order valence-electron chi connectivity index (χ2n) is 3.72. The highest BCUT2D eigenvalue weighted by Crippen LogP contribution is 2.03. The van der Waals surface area contributed by atoms with Gasteiger partial charge < -0.3 is 10.6 Å². The largest absolute Gasteiger partial charge is 0.328 e. The van der Waals surface area contributed by atoms with E-state index in [2.05, 4.69) is 25.7 Å². The van der Waals surface area contributed by atoms with Crippen molar-refractivity contribution in [3.8, 4) is 0 Å². The van der Waals surface area contributed by atoms with Gasteiger partial charge in [-0.05, 0) is 38.9 Å². The molecule has 0 saturated heterocycles. The van der Waals surface area contributed by atoms with Crippen molar-refractivity contribution in [2.24, 2.45) is 5.73 Å². The van der Waals surface area contributed by atoms with Crippen molar-refractivity contribution in [1.29, 1.82) is 0 Å². The Bertz CT molecular complexity index is 100. The van der Waals surface area contributed by atoms with E-state index in [1.54, 1.807) is 0 Å². The highest BCUT2D eigenvalue weighted by atomic mass is 15.1. The van der Waals surface area contributed by atoms with Crippen LogP contribution >= 0.6 is 0 Å². The Kier molecular flexibility index (Phi) is 8.46. The summed E-state index contributed by atoms with van der Waals surface area (Å²) < 4.78 is 0. The Morgan fingerprint density at radius 2 is 1.69 bits per heavy atom. The standard InChI is InChI=1S/C11H26N2/c1-4-8-11(12)9-7-10-13(5-2)6-3/h11H,4-10,12H2,1-3H3. The van der Waals surface area contributed by atoms with E-state index in [0.29, 0.717) is 6.04 Å². The summed E-state index contributed by atoms with van der Waals surface area (Å²) in [4.78, 5) is 2.46. The number of hydrogen-bond donors (Lipinski definition) is 1. The molecule has 0 aliphatic heterocycles. The Hall–Kier alpha value is -0.0800. The minimum atomic E-state index is 0.431. The van der Waals surface area contributed by atoms with Crippen LogP contribution < -0.4 is 5.73 Å². The molecule has 1 unspecified atom stereocenters. The quantitative estimate of drug-likeness (QED) is 0.630. The van der Waals surface area contributed by atoms with Gasteiger partial charge in [-0.1, -0.05) is 27.2 Å². The average Bonchev–Trinajstić information content (AvgIpc) is 2.13. The molecule has 2 nitrogen and oxygen atoms in total. The molecule has 0 aromatic rings. The summed E-state index contributed by atoms with van der Waals surface area (Å²) in [5, 5.41) is 0. The third-order valence-electron chi connectivity index (χ3n) is 2.60. The molecule has 0 radical (unpaired) electrons. The van der Waals surface area contributed by atoms with E-state index in [4.69, 9.17) is 5.73 Å². The fourth-order valence-electron chi connectivity index (χ4n) is 1.63. The fourth-order valence-corrected chi connectivity index (χ4v) is 1.63. The molecule has 80 valence electrons. The maximum atomic E-state index is 5.93. The lowest BCUT2D eigenvalue weighted by Crippen LogP contribution is -2.26. The number of nitrogens with two attached hydrogens (primary N) is 1. The van der Waals surface area contributed by atoms with Crippen LogP contribution in [0, 0.1) is 0 Å². The third-order valence-corrected chi connectivity index (χ3v) is 2.60. The molecule has 0 saturated carbocycles. The second kappa shape index (κ2) is 8.52. The molecule has 2 heteroatoms. The van der Waals surface area contributed by atoms with Crippen molar-refractivity contribution < 1.29 is 0 Å². The molecule has 0 spiro atoms. The molecule has 13 heavy (non-hydrogen) atoms. The summed E-state index contributed by atoms with van der Waals surface area (Å²) in [6, 6.07) is 0.431. The van der Waals surface area contributed by atoms with Gasteiger partial charge in [0.25, 0.3) is 0 Å². The molecular weight excluding hydrogens is 160 g/mol. The Morgan fingerprint density at radius 1 is 1.08 bits per heavy atom. The summed E-state index contributed by atoms with van der Waals surface area (Å²) in [5.74, 6) is 0. The summed E-state index contributed by atoms with van der Waals surface area (Å²) in [6.45, 7) is 10.2. The minimum Gasteiger partial charge on any atom is -0.328 e. The molecule has 0 aromatic carbocycles. The molecule has 2 N–H and O–H groups in total. The Morgan fingerprint density at radius 3 is 2.15 bits per heavy atom. The van der Waals surface area contributed by atoms with Gasteiger partial charge >= 0.3 is 0 Å². The van der Waals surface area contributed by atoms with Crippen molar-refractivity contribution in [2.45, 2.75) is 52.5 Å². The van der Waals surface area contributed by atoms with E-state index >= 15 is 0 Å². The summed E-state index contributed by atoms with van der Waals surface area (Å²) in [5.41, 5.74) is 5.93. The first-order valence-corrected chi connectivity index (χ1v) is 5.72. The van der Waals surface area contributed by atoms with Crippen LogP contribution in [0.15, 0.2) is 0 Å². The van der Waals surface area contributed by atoms with Crippen LogP contribution in [-0.4, -0.2) is 30.6 Å². The van der Waals surface area contributed by atoms with Crippen molar-refractivity contribution >= 4 is 0 Å². The zero-order chi connectivity index (χ0) is 10.1. The lowest BCUT2D eigenvalue weighted by atomic mass is 10.1. The minimum absolute atomic E-state index is 0.431. The topological polar surface area (TPSA) is 29.3 Å². The van der Waals surface area contributed by atoms with Crippen LogP contribution in [0.2, 0.25) is 0 Å². The van der Waals surface area contributed by atoms with Gasteiger partial charge in [0.1, 0.15) is 0 Å². The first-order valence-electron chi connectivity index (χ1n) is 5.72. The van der Waals surface area contributed by atoms with Gasteiger partial charge in [0, 0.05) is 6.04 Å². The van der Waals surface area contributed by atoms with E-state index in [9.17, 15) is 0 Å². The van der Waals surface area contributed by atoms with Crippen LogP contribution in [0.3, 0.4) is 0 Å². The van der Waals surface area contributed by atoms with Crippen LogP contribution in [-0.2, 0) is 0 Å². The molecular formula is C11H26N2. The van der Waals surface area contributed by atoms with Gasteiger partial charge in [-0.2, -0.15) is 0 Å². The van der Waals surface area contributed by atoms with E-state index in [0.717, 1.165) is 0 Å². The molecule has 0 heterocycles. The van der Waals surface area contributed by atoms with Gasteiger partial charge in [0.05, 0.1) is 0 Å². The number of hydrogen-bond acceptors (Lipinski definition) is 2. The van der Waals surface area contributed by atoms with Gasteiger partial charge in [0.15, 0.2) is 0 Å². The maximum Gasteiger partial charge on any atom is 0.00392 e. The molecule has 0 aromatic heterocycles. The van der Waals surface area contributed by atoms with E-state index in [-0.39, 0.29) is 0 Å². The summed E-state index contributed by atoms with van der Waals surface area (Å²) in [7, 11) is 0. The SMILES string of the molecule is CCCC(N)CCCN(CC)CC. The normalized spacial score (nSPS) is 13.6. The van der Waals surface area contributed by atoms with Gasteiger partial charge in [-0.15, -0.1) is 0 Å². The van der Waals surface area contributed by atoms with E-state index in [1.807, 2.05) is 0 Å². The number of nitrogens with zero attached hydrogens (tertiary/aromatic N) is 1. The highest BCUT2D eigenvalue weighted by molar-refractivity contribution is 4.62. The first-order chi connectivity index (χ1) is 6.24. The molecule has 0 bridgehead atoms. The zero-order valence-corrected chi connectivity index (χ0v) is 9.55. The van der Waals surface area contributed by atoms with Crippen molar-refractivity contribution in [2.75, 3.05) is 19.6 Å². The predicted octanol–water partition coefficient (Wildman–Crippen LogP) is 2.24. The third kappa shape index (κ3) is 7.03. The van der Waals surface area contributed by atoms with Gasteiger partial charge in [-0.3, -0.25) is 0 Å². The van der Waals surface area contributed by atoms with Crippen molar-refractivity contribution in [3.63, 3.8) is 0 Å². The average molecular weight is 186 g/mol. The van der Waals surface area contributed by atoms with Crippen LogP contribution in [0.5, 0.6) is 0 Å². The summed E-state index contributed by atoms with van der Waals surface area (Å²) >= 11 is 0. The van der Waals surface area contributed by atoms with Crippen LogP contribution in [0.4, 0.5) is 0 Å². The zero-order valence-electron chi connectivity index (χ0n) is 9.55. The predicted molar refractivity (Wildman–Crippen MR) is 59.9 cm³/mol. The van der Waals surface area contributed by atoms with E-state index < -0.39 is 0 Å². The number of rotatable bonds is 8. The van der Waals surface area contributed by atoms with E-state index in [1.165, 1.54) is 45.3 Å². The molecule has 1 atom stereocenters. The van der Waals surface area contributed by atoms with Crippen LogP contribution in [0.1, 0.15) is 46.5 Å². The van der Waals surface area contributed by atoms with Crippen LogP contribution in [0.25, 0.3) is 0 Å². The lowest BCUT2D eigenvalue weighted by Gasteiger charge is -2.18. The first kappa shape index (κ1) is 12.9. The lowest BCUT2D eigenvalue weighted by molar-refractivity contribution is 0.292. The van der Waals surface area contributed by atoms with Crippen molar-refractivity contribution in [3.05, 3.63) is 0 Å². The molecule has 0 rings (SSSR count).